The number of imidazole rings is 1. The van der Waals surface area contributed by atoms with Crippen molar-refractivity contribution in [3.8, 4) is 0 Å². The molecule has 4 nitrogen and oxygen atoms in total. The topological polar surface area (TPSA) is 55.1 Å². The average Bonchev–Trinajstić information content (AvgIpc) is 2.43. The van der Waals surface area contributed by atoms with E-state index >= 15 is 0 Å². The van der Waals surface area contributed by atoms with Gasteiger partial charge >= 0.3 is 5.97 Å². The van der Waals surface area contributed by atoms with Crippen LogP contribution < -0.4 is 0 Å². The van der Waals surface area contributed by atoms with Crippen molar-refractivity contribution in [1.29, 1.82) is 0 Å². The van der Waals surface area contributed by atoms with E-state index in [0.29, 0.717) is 16.1 Å². The number of hydrogen-bond donors (Lipinski definition) is 1. The minimum atomic E-state index is -0.990. The van der Waals surface area contributed by atoms with E-state index in [1.165, 1.54) is 4.57 Å². The second-order valence-electron chi connectivity index (χ2n) is 2.97. The van der Waals surface area contributed by atoms with Crippen molar-refractivity contribution in [2.45, 2.75) is 6.54 Å². The zero-order valence-electron chi connectivity index (χ0n) is 7.44. The Balaban J connectivity index is 2.71. The Morgan fingerprint density at radius 2 is 2.20 bits per heavy atom. The first-order valence-corrected chi connectivity index (χ1v) is 4.87. The van der Waals surface area contributed by atoms with Gasteiger partial charge in [0.15, 0.2) is 0 Å². The van der Waals surface area contributed by atoms with Gasteiger partial charge in [-0.25, -0.2) is 4.98 Å². The second-order valence-corrected chi connectivity index (χ2v) is 3.71. The van der Waals surface area contributed by atoms with Gasteiger partial charge in [0.2, 0.25) is 5.28 Å². The molecule has 0 aliphatic heterocycles. The van der Waals surface area contributed by atoms with Crippen molar-refractivity contribution < 1.29 is 9.90 Å². The highest BCUT2D eigenvalue weighted by molar-refractivity contribution is 6.36. The van der Waals surface area contributed by atoms with Crippen LogP contribution in [0.3, 0.4) is 0 Å². The number of para-hydroxylation sites is 1. The molecule has 0 fully saturated rings. The van der Waals surface area contributed by atoms with Crippen molar-refractivity contribution >= 4 is 40.2 Å². The number of carboxylic acids is 1. The molecule has 0 radical (unpaired) electrons. The summed E-state index contributed by atoms with van der Waals surface area (Å²) in [4.78, 5) is 14.6. The first kappa shape index (κ1) is 10.3. The summed E-state index contributed by atoms with van der Waals surface area (Å²) in [5.74, 6) is -0.990. The SMILES string of the molecule is O=C(O)Cn1c(Cl)nc2cccc(Cl)c21. The maximum atomic E-state index is 10.6. The Morgan fingerprint density at radius 1 is 1.47 bits per heavy atom. The molecule has 0 aliphatic carbocycles. The van der Waals surface area contributed by atoms with E-state index in [0.717, 1.165) is 0 Å². The third-order valence-electron chi connectivity index (χ3n) is 1.96. The predicted molar refractivity (Wildman–Crippen MR) is 57.4 cm³/mol. The number of rotatable bonds is 2. The Labute approximate surface area is 95.0 Å². The van der Waals surface area contributed by atoms with E-state index in [4.69, 9.17) is 28.3 Å². The highest BCUT2D eigenvalue weighted by atomic mass is 35.5. The van der Waals surface area contributed by atoms with Gasteiger partial charge in [0.25, 0.3) is 0 Å². The molecule has 2 rings (SSSR count). The number of aromatic nitrogens is 2. The zero-order valence-corrected chi connectivity index (χ0v) is 8.96. The van der Waals surface area contributed by atoms with Crippen LogP contribution in [-0.2, 0) is 11.3 Å². The summed E-state index contributed by atoms with van der Waals surface area (Å²) in [5, 5.41) is 9.27. The summed E-state index contributed by atoms with van der Waals surface area (Å²) in [6.07, 6.45) is 0. The molecule has 15 heavy (non-hydrogen) atoms. The summed E-state index contributed by atoms with van der Waals surface area (Å²) in [7, 11) is 0. The lowest BCUT2D eigenvalue weighted by Gasteiger charge is -2.02. The van der Waals surface area contributed by atoms with Gasteiger partial charge in [-0.15, -0.1) is 0 Å². The molecule has 0 saturated heterocycles. The first-order valence-electron chi connectivity index (χ1n) is 4.11. The van der Waals surface area contributed by atoms with Crippen LogP contribution in [0.1, 0.15) is 0 Å². The summed E-state index contributed by atoms with van der Waals surface area (Å²) < 4.78 is 1.36. The van der Waals surface area contributed by atoms with Crippen LogP contribution in [0.5, 0.6) is 0 Å². The largest absolute Gasteiger partial charge is 0.480 e. The van der Waals surface area contributed by atoms with Gasteiger partial charge < -0.3 is 9.67 Å². The summed E-state index contributed by atoms with van der Waals surface area (Å²) in [6.45, 7) is -0.251. The molecule has 1 aromatic heterocycles. The number of fused-ring (bicyclic) bond motifs is 1. The average molecular weight is 245 g/mol. The van der Waals surface area contributed by atoms with Crippen molar-refractivity contribution in [3.05, 3.63) is 28.5 Å². The molecule has 1 aromatic carbocycles. The molecule has 0 unspecified atom stereocenters. The molecule has 2 aromatic rings. The molecule has 0 atom stereocenters. The van der Waals surface area contributed by atoms with Gasteiger partial charge in [-0.2, -0.15) is 0 Å². The van der Waals surface area contributed by atoms with Crippen LogP contribution >= 0.6 is 23.2 Å². The molecule has 78 valence electrons. The highest BCUT2D eigenvalue weighted by Gasteiger charge is 2.13. The molecular weight excluding hydrogens is 239 g/mol. The van der Waals surface area contributed by atoms with Crippen LogP contribution in [0.15, 0.2) is 18.2 Å². The highest BCUT2D eigenvalue weighted by Crippen LogP contribution is 2.26. The lowest BCUT2D eigenvalue weighted by molar-refractivity contribution is -0.137. The smallest absolute Gasteiger partial charge is 0.323 e. The molecule has 0 saturated carbocycles. The molecule has 0 bridgehead atoms. The maximum absolute atomic E-state index is 10.6. The summed E-state index contributed by atoms with van der Waals surface area (Å²) >= 11 is 11.8. The molecule has 0 spiro atoms. The number of halogens is 2. The van der Waals surface area contributed by atoms with Gasteiger partial charge in [0.1, 0.15) is 6.54 Å². The van der Waals surface area contributed by atoms with Crippen LogP contribution in [0, 0.1) is 0 Å². The number of carbonyl (C=O) groups is 1. The fourth-order valence-electron chi connectivity index (χ4n) is 1.39. The second kappa shape index (κ2) is 3.72. The number of nitrogens with zero attached hydrogens (tertiary/aromatic N) is 2. The van der Waals surface area contributed by atoms with Gasteiger partial charge in [-0.05, 0) is 23.7 Å². The minimum Gasteiger partial charge on any atom is -0.480 e. The van der Waals surface area contributed by atoms with Crippen LogP contribution in [-0.4, -0.2) is 20.6 Å². The molecule has 0 aliphatic rings. The minimum absolute atomic E-state index is 0.125. The fourth-order valence-corrected chi connectivity index (χ4v) is 1.90. The number of carboxylic acid groups (broad SMARTS) is 1. The quantitative estimate of drug-likeness (QED) is 0.883. The third-order valence-corrected chi connectivity index (χ3v) is 2.56. The van der Waals surface area contributed by atoms with Crippen LogP contribution in [0.25, 0.3) is 11.0 Å². The number of aliphatic carboxylic acids is 1. The third kappa shape index (κ3) is 1.78. The Hall–Kier alpha value is -1.26. The van der Waals surface area contributed by atoms with Crippen molar-refractivity contribution in [3.63, 3.8) is 0 Å². The standard InChI is InChI=1S/C9H6Cl2N2O2/c10-5-2-1-3-6-8(5)13(4-7(14)15)9(11)12-6/h1-3H,4H2,(H,14,15). The van der Waals surface area contributed by atoms with E-state index < -0.39 is 5.97 Å². The zero-order chi connectivity index (χ0) is 11.0. The van der Waals surface area contributed by atoms with Gasteiger partial charge in [0, 0.05) is 0 Å². The van der Waals surface area contributed by atoms with Crippen LogP contribution in [0.2, 0.25) is 10.3 Å². The monoisotopic (exact) mass is 244 g/mol. The normalized spacial score (nSPS) is 10.8. The number of benzene rings is 1. The van der Waals surface area contributed by atoms with E-state index in [-0.39, 0.29) is 11.8 Å². The van der Waals surface area contributed by atoms with E-state index in [9.17, 15) is 4.79 Å². The molecule has 0 amide bonds. The van der Waals surface area contributed by atoms with Crippen molar-refractivity contribution in [2.75, 3.05) is 0 Å². The van der Waals surface area contributed by atoms with Crippen LogP contribution in [0.4, 0.5) is 0 Å². The Kier molecular flexibility index (Phi) is 2.54. The Morgan fingerprint density at radius 3 is 2.87 bits per heavy atom. The fraction of sp³-hybridized carbons (Fsp3) is 0.111. The van der Waals surface area contributed by atoms with Crippen molar-refractivity contribution in [2.24, 2.45) is 0 Å². The van der Waals surface area contributed by atoms with E-state index in [1.807, 2.05) is 0 Å². The molecular formula is C9H6Cl2N2O2. The lowest BCUT2D eigenvalue weighted by Crippen LogP contribution is -2.08. The summed E-state index contributed by atoms with van der Waals surface area (Å²) in [5.41, 5.74) is 1.14. The van der Waals surface area contributed by atoms with E-state index in [2.05, 4.69) is 4.98 Å². The van der Waals surface area contributed by atoms with Gasteiger partial charge in [-0.3, -0.25) is 4.79 Å². The van der Waals surface area contributed by atoms with Gasteiger partial charge in [-0.1, -0.05) is 17.7 Å². The van der Waals surface area contributed by atoms with Gasteiger partial charge in [0.05, 0.1) is 16.1 Å². The summed E-state index contributed by atoms with van der Waals surface area (Å²) in [6, 6.07) is 5.13. The van der Waals surface area contributed by atoms with Crippen molar-refractivity contribution in [1.82, 2.24) is 9.55 Å². The number of hydrogen-bond acceptors (Lipinski definition) is 2. The maximum Gasteiger partial charge on any atom is 0.323 e. The molecule has 1 heterocycles. The molecule has 1 N–H and O–H groups in total. The van der Waals surface area contributed by atoms with E-state index in [1.54, 1.807) is 18.2 Å². The predicted octanol–water partition coefficient (Wildman–Crippen LogP) is 2.43. The molecule has 6 heteroatoms. The first-order chi connectivity index (χ1) is 7.09. The Bertz CT molecular complexity index is 536. The lowest BCUT2D eigenvalue weighted by atomic mass is 10.3.